The van der Waals surface area contributed by atoms with E-state index in [0.717, 1.165) is 22.4 Å². The van der Waals surface area contributed by atoms with Gasteiger partial charge in [0.25, 0.3) is 0 Å². The molecule has 0 bridgehead atoms. The van der Waals surface area contributed by atoms with Crippen molar-refractivity contribution >= 4 is 23.1 Å². The average Bonchev–Trinajstić information content (AvgIpc) is 2.96. The van der Waals surface area contributed by atoms with Gasteiger partial charge in [-0.3, -0.25) is 0 Å². The van der Waals surface area contributed by atoms with E-state index in [-0.39, 0.29) is 12.6 Å². The first-order valence-electron chi connectivity index (χ1n) is 6.76. The Kier molecular flexibility index (Phi) is 4.65. The van der Waals surface area contributed by atoms with Crippen LogP contribution in [0.2, 0.25) is 0 Å². The minimum absolute atomic E-state index is 0.153. The number of carbonyl (C=O) groups excluding carboxylic acids is 1. The van der Waals surface area contributed by atoms with Crippen molar-refractivity contribution in [3.63, 3.8) is 0 Å². The first-order chi connectivity index (χ1) is 9.90. The molecule has 1 unspecified atom stereocenters. The van der Waals surface area contributed by atoms with Crippen LogP contribution in [0.25, 0.3) is 0 Å². The number of rotatable bonds is 4. The van der Waals surface area contributed by atoms with Crippen molar-refractivity contribution in [1.82, 2.24) is 5.32 Å². The fourth-order valence-electron chi connectivity index (χ4n) is 2.09. The van der Waals surface area contributed by atoms with Crippen molar-refractivity contribution in [3.05, 3.63) is 51.7 Å². The Morgan fingerprint density at radius 1 is 1.29 bits per heavy atom. The average molecular weight is 304 g/mol. The van der Waals surface area contributed by atoms with E-state index in [0.29, 0.717) is 0 Å². The largest absolute Gasteiger partial charge is 0.384 e. The molecule has 0 aliphatic rings. The van der Waals surface area contributed by atoms with Gasteiger partial charge >= 0.3 is 6.03 Å². The molecule has 3 N–H and O–H groups in total. The second-order valence-corrected chi connectivity index (χ2v) is 6.14. The lowest BCUT2D eigenvalue weighted by Gasteiger charge is -2.23. The van der Waals surface area contributed by atoms with Crippen LogP contribution in [0.15, 0.2) is 35.0 Å². The summed E-state index contributed by atoms with van der Waals surface area (Å²) in [5.41, 5.74) is 2.56. The quantitative estimate of drug-likeness (QED) is 0.811. The lowest BCUT2D eigenvalue weighted by Crippen LogP contribution is -2.40. The van der Waals surface area contributed by atoms with E-state index < -0.39 is 5.60 Å². The van der Waals surface area contributed by atoms with Crippen LogP contribution in [0, 0.1) is 13.8 Å². The number of benzene rings is 1. The van der Waals surface area contributed by atoms with Crippen LogP contribution < -0.4 is 10.6 Å². The van der Waals surface area contributed by atoms with Crippen LogP contribution in [0.3, 0.4) is 0 Å². The third kappa shape index (κ3) is 3.83. The molecule has 2 aromatic rings. The molecule has 112 valence electrons. The highest BCUT2D eigenvalue weighted by molar-refractivity contribution is 7.08. The highest BCUT2D eigenvalue weighted by Gasteiger charge is 2.24. The van der Waals surface area contributed by atoms with Crippen molar-refractivity contribution in [3.8, 4) is 0 Å². The van der Waals surface area contributed by atoms with Gasteiger partial charge < -0.3 is 15.7 Å². The predicted molar refractivity (Wildman–Crippen MR) is 86.8 cm³/mol. The van der Waals surface area contributed by atoms with Crippen LogP contribution in [-0.4, -0.2) is 17.7 Å². The molecule has 2 amide bonds. The lowest BCUT2D eigenvalue weighted by atomic mass is 9.99. The van der Waals surface area contributed by atoms with Crippen LogP contribution in [0.5, 0.6) is 0 Å². The fourth-order valence-corrected chi connectivity index (χ4v) is 2.88. The Morgan fingerprint density at radius 3 is 2.52 bits per heavy atom. The third-order valence-corrected chi connectivity index (χ3v) is 4.14. The van der Waals surface area contributed by atoms with E-state index in [4.69, 9.17) is 0 Å². The van der Waals surface area contributed by atoms with E-state index in [2.05, 4.69) is 10.6 Å². The van der Waals surface area contributed by atoms with Crippen molar-refractivity contribution in [2.75, 3.05) is 11.9 Å². The summed E-state index contributed by atoms with van der Waals surface area (Å²) in [4.78, 5) is 12.0. The molecule has 0 aliphatic heterocycles. The normalized spacial score (nSPS) is 13.5. The number of hydrogen-bond acceptors (Lipinski definition) is 3. The molecule has 0 spiro atoms. The molecular formula is C16H20N2O2S. The van der Waals surface area contributed by atoms with E-state index in [1.54, 1.807) is 6.92 Å². The summed E-state index contributed by atoms with van der Waals surface area (Å²) in [6.07, 6.45) is 0. The second kappa shape index (κ2) is 6.28. The van der Waals surface area contributed by atoms with Gasteiger partial charge in [0.2, 0.25) is 0 Å². The molecule has 0 saturated carbocycles. The van der Waals surface area contributed by atoms with Gasteiger partial charge in [0, 0.05) is 5.69 Å². The van der Waals surface area contributed by atoms with Crippen molar-refractivity contribution < 1.29 is 9.90 Å². The molecule has 0 aliphatic carbocycles. The minimum atomic E-state index is -1.07. The Labute approximate surface area is 128 Å². The predicted octanol–water partition coefficient (Wildman–Crippen LogP) is 3.39. The first-order valence-corrected chi connectivity index (χ1v) is 7.70. The maximum Gasteiger partial charge on any atom is 0.319 e. The zero-order valence-electron chi connectivity index (χ0n) is 12.4. The summed E-state index contributed by atoms with van der Waals surface area (Å²) in [6, 6.07) is 7.39. The molecule has 2 rings (SSSR count). The van der Waals surface area contributed by atoms with Crippen LogP contribution >= 0.6 is 11.3 Å². The van der Waals surface area contributed by atoms with Gasteiger partial charge in [0.15, 0.2) is 0 Å². The lowest BCUT2D eigenvalue weighted by molar-refractivity contribution is 0.0604. The summed E-state index contributed by atoms with van der Waals surface area (Å²) < 4.78 is 0. The van der Waals surface area contributed by atoms with E-state index in [9.17, 15) is 9.90 Å². The van der Waals surface area contributed by atoms with Crippen molar-refractivity contribution in [2.24, 2.45) is 0 Å². The van der Waals surface area contributed by atoms with Gasteiger partial charge in [-0.05, 0) is 54.3 Å². The number of aliphatic hydroxyl groups is 1. The second-order valence-electron chi connectivity index (χ2n) is 5.36. The van der Waals surface area contributed by atoms with Gasteiger partial charge in [0.1, 0.15) is 5.60 Å². The smallest absolute Gasteiger partial charge is 0.319 e. The topological polar surface area (TPSA) is 61.4 Å². The number of para-hydroxylation sites is 1. The van der Waals surface area contributed by atoms with Crippen molar-refractivity contribution in [1.29, 1.82) is 0 Å². The molecular weight excluding hydrogens is 284 g/mol. The number of carbonyl (C=O) groups is 1. The monoisotopic (exact) mass is 304 g/mol. The number of amides is 2. The first kappa shape index (κ1) is 15.5. The van der Waals surface area contributed by atoms with Gasteiger partial charge in [-0.2, -0.15) is 11.3 Å². The molecule has 21 heavy (non-hydrogen) atoms. The molecule has 1 aromatic heterocycles. The zero-order chi connectivity index (χ0) is 15.5. The number of nitrogens with one attached hydrogen (secondary N) is 2. The van der Waals surface area contributed by atoms with Gasteiger partial charge in [-0.25, -0.2) is 4.79 Å². The number of anilines is 1. The Bertz CT molecular complexity index is 601. The Morgan fingerprint density at radius 2 is 1.95 bits per heavy atom. The van der Waals surface area contributed by atoms with E-state index >= 15 is 0 Å². The maximum atomic E-state index is 12.0. The summed E-state index contributed by atoms with van der Waals surface area (Å²) in [5, 5.41) is 19.7. The molecule has 1 aromatic carbocycles. The Hall–Kier alpha value is -1.85. The molecule has 1 heterocycles. The summed E-state index contributed by atoms with van der Waals surface area (Å²) in [5.74, 6) is 0. The van der Waals surface area contributed by atoms with Crippen LogP contribution in [-0.2, 0) is 5.60 Å². The highest BCUT2D eigenvalue weighted by atomic mass is 32.1. The third-order valence-electron chi connectivity index (χ3n) is 3.46. The Balaban J connectivity index is 1.97. The van der Waals surface area contributed by atoms with E-state index in [1.165, 1.54) is 11.3 Å². The van der Waals surface area contributed by atoms with Crippen LogP contribution in [0.1, 0.15) is 23.6 Å². The summed E-state index contributed by atoms with van der Waals surface area (Å²) in [6.45, 7) is 5.74. The van der Waals surface area contributed by atoms with Gasteiger partial charge in [-0.1, -0.05) is 18.2 Å². The number of hydrogen-bond donors (Lipinski definition) is 3. The highest BCUT2D eigenvalue weighted by Crippen LogP contribution is 2.22. The number of aryl methyl sites for hydroxylation is 2. The fraction of sp³-hybridized carbons (Fsp3) is 0.312. The number of thiophene rings is 1. The summed E-state index contributed by atoms with van der Waals surface area (Å²) in [7, 11) is 0. The number of urea groups is 1. The zero-order valence-corrected chi connectivity index (χ0v) is 13.3. The van der Waals surface area contributed by atoms with E-state index in [1.807, 2.05) is 48.9 Å². The molecule has 0 fully saturated rings. The van der Waals surface area contributed by atoms with Crippen molar-refractivity contribution in [2.45, 2.75) is 26.4 Å². The molecule has 0 radical (unpaired) electrons. The molecule has 4 nitrogen and oxygen atoms in total. The SMILES string of the molecule is Cc1cccc(C)c1NC(=O)NCC(C)(O)c1ccsc1. The standard InChI is InChI=1S/C16H20N2O2S/c1-11-5-4-6-12(2)14(11)18-15(19)17-10-16(3,20)13-7-8-21-9-13/h4-9,20H,10H2,1-3H3,(H2,17,18,19). The molecule has 1 atom stereocenters. The minimum Gasteiger partial charge on any atom is -0.384 e. The summed E-state index contributed by atoms with van der Waals surface area (Å²) >= 11 is 1.52. The molecule has 0 saturated heterocycles. The van der Waals surface area contributed by atoms with Gasteiger partial charge in [0.05, 0.1) is 6.54 Å². The maximum absolute atomic E-state index is 12.0. The van der Waals surface area contributed by atoms with Gasteiger partial charge in [-0.15, -0.1) is 0 Å². The van der Waals surface area contributed by atoms with Crippen LogP contribution in [0.4, 0.5) is 10.5 Å². The molecule has 5 heteroatoms.